The van der Waals surface area contributed by atoms with Gasteiger partial charge in [-0.15, -0.1) is 0 Å². The van der Waals surface area contributed by atoms with Crippen LogP contribution >= 0.6 is 0 Å². The van der Waals surface area contributed by atoms with Crippen LogP contribution in [0, 0.1) is 5.92 Å². The van der Waals surface area contributed by atoms with Crippen molar-refractivity contribution >= 4 is 0 Å². The van der Waals surface area contributed by atoms with E-state index in [9.17, 15) is 5.11 Å². The van der Waals surface area contributed by atoms with E-state index in [0.717, 1.165) is 6.42 Å². The Balaban J connectivity index is 2.24. The SMILES string of the molecule is COc1cc(-c2noc([C@@H](N)CC(C)C)n2)ccc1O. The van der Waals surface area contributed by atoms with E-state index in [2.05, 4.69) is 24.0 Å². The maximum Gasteiger partial charge on any atom is 0.243 e. The molecule has 108 valence electrons. The van der Waals surface area contributed by atoms with Crippen molar-refractivity contribution in [1.82, 2.24) is 10.1 Å². The van der Waals surface area contributed by atoms with E-state index in [4.69, 9.17) is 15.0 Å². The fourth-order valence-electron chi connectivity index (χ4n) is 1.93. The first-order valence-electron chi connectivity index (χ1n) is 6.47. The molecule has 20 heavy (non-hydrogen) atoms. The van der Waals surface area contributed by atoms with Gasteiger partial charge in [-0.1, -0.05) is 19.0 Å². The van der Waals surface area contributed by atoms with E-state index >= 15 is 0 Å². The normalized spacial score (nSPS) is 12.7. The van der Waals surface area contributed by atoms with E-state index in [-0.39, 0.29) is 11.8 Å². The van der Waals surface area contributed by atoms with Crippen LogP contribution in [0.15, 0.2) is 22.7 Å². The number of phenolic OH excluding ortho intramolecular Hbond substituents is 1. The summed E-state index contributed by atoms with van der Waals surface area (Å²) in [5, 5.41) is 13.5. The molecule has 0 saturated heterocycles. The Labute approximate surface area is 117 Å². The van der Waals surface area contributed by atoms with Gasteiger partial charge in [0, 0.05) is 5.56 Å². The van der Waals surface area contributed by atoms with E-state index in [0.29, 0.717) is 28.9 Å². The number of nitrogens with zero attached hydrogens (tertiary/aromatic N) is 2. The Morgan fingerprint density at radius 1 is 1.40 bits per heavy atom. The van der Waals surface area contributed by atoms with Crippen molar-refractivity contribution in [3.05, 3.63) is 24.1 Å². The topological polar surface area (TPSA) is 94.4 Å². The van der Waals surface area contributed by atoms with Crippen LogP contribution in [0.2, 0.25) is 0 Å². The lowest BCUT2D eigenvalue weighted by molar-refractivity contribution is 0.335. The van der Waals surface area contributed by atoms with E-state index < -0.39 is 0 Å². The van der Waals surface area contributed by atoms with Gasteiger partial charge < -0.3 is 20.1 Å². The lowest BCUT2D eigenvalue weighted by atomic mass is 10.0. The van der Waals surface area contributed by atoms with Crippen molar-refractivity contribution in [1.29, 1.82) is 0 Å². The Kier molecular flexibility index (Phi) is 4.24. The number of aromatic nitrogens is 2. The number of aromatic hydroxyl groups is 1. The molecule has 6 nitrogen and oxygen atoms in total. The lowest BCUT2D eigenvalue weighted by Gasteiger charge is -2.08. The summed E-state index contributed by atoms with van der Waals surface area (Å²) >= 11 is 0. The molecule has 2 aromatic rings. The van der Waals surface area contributed by atoms with Gasteiger partial charge in [0.25, 0.3) is 0 Å². The molecule has 2 rings (SSSR count). The number of hydrogen-bond acceptors (Lipinski definition) is 6. The highest BCUT2D eigenvalue weighted by atomic mass is 16.5. The Hall–Kier alpha value is -2.08. The minimum atomic E-state index is -0.268. The van der Waals surface area contributed by atoms with Gasteiger partial charge in [0.05, 0.1) is 13.2 Å². The van der Waals surface area contributed by atoms with Crippen LogP contribution < -0.4 is 10.5 Å². The maximum atomic E-state index is 9.57. The van der Waals surface area contributed by atoms with Gasteiger partial charge in [0.1, 0.15) is 0 Å². The predicted molar refractivity (Wildman–Crippen MR) is 74.3 cm³/mol. The summed E-state index contributed by atoms with van der Waals surface area (Å²) in [6.07, 6.45) is 0.778. The first-order chi connectivity index (χ1) is 9.51. The second-order valence-electron chi connectivity index (χ2n) is 5.08. The third-order valence-electron chi connectivity index (χ3n) is 2.92. The van der Waals surface area contributed by atoms with Crippen molar-refractivity contribution in [3.8, 4) is 22.9 Å². The second kappa shape index (κ2) is 5.92. The zero-order valence-corrected chi connectivity index (χ0v) is 11.8. The van der Waals surface area contributed by atoms with Crippen LogP contribution in [0.25, 0.3) is 11.4 Å². The van der Waals surface area contributed by atoms with Gasteiger partial charge in [0.2, 0.25) is 11.7 Å². The van der Waals surface area contributed by atoms with Crippen LogP contribution in [-0.2, 0) is 0 Å². The highest BCUT2D eigenvalue weighted by Crippen LogP contribution is 2.30. The van der Waals surface area contributed by atoms with E-state index in [1.54, 1.807) is 12.1 Å². The van der Waals surface area contributed by atoms with Crippen LogP contribution in [-0.4, -0.2) is 22.4 Å². The molecular formula is C14H19N3O3. The molecule has 1 aromatic carbocycles. The Morgan fingerprint density at radius 2 is 2.15 bits per heavy atom. The monoisotopic (exact) mass is 277 g/mol. The van der Waals surface area contributed by atoms with E-state index in [1.165, 1.54) is 13.2 Å². The summed E-state index contributed by atoms with van der Waals surface area (Å²) in [7, 11) is 1.49. The van der Waals surface area contributed by atoms with Crippen LogP contribution in [0.1, 0.15) is 32.2 Å². The number of ether oxygens (including phenoxy) is 1. The molecule has 0 aliphatic heterocycles. The molecular weight excluding hydrogens is 258 g/mol. The quantitative estimate of drug-likeness (QED) is 0.872. The number of methoxy groups -OCH3 is 1. The highest BCUT2D eigenvalue weighted by molar-refractivity contribution is 5.60. The average molecular weight is 277 g/mol. The summed E-state index contributed by atoms with van der Waals surface area (Å²) in [6, 6.07) is 4.60. The minimum Gasteiger partial charge on any atom is -0.504 e. The molecule has 1 heterocycles. The van der Waals surface area contributed by atoms with Gasteiger partial charge in [-0.2, -0.15) is 4.98 Å². The van der Waals surface area contributed by atoms with Gasteiger partial charge in [-0.3, -0.25) is 0 Å². The fourth-order valence-corrected chi connectivity index (χ4v) is 1.93. The first kappa shape index (κ1) is 14.3. The zero-order chi connectivity index (χ0) is 14.7. The number of benzene rings is 1. The zero-order valence-electron chi connectivity index (χ0n) is 11.8. The summed E-state index contributed by atoms with van der Waals surface area (Å²) in [5.74, 6) is 1.73. The molecule has 0 amide bonds. The molecule has 0 saturated carbocycles. The van der Waals surface area contributed by atoms with Crippen molar-refractivity contribution in [2.45, 2.75) is 26.3 Å². The smallest absolute Gasteiger partial charge is 0.243 e. The fraction of sp³-hybridized carbons (Fsp3) is 0.429. The van der Waals surface area contributed by atoms with Crippen molar-refractivity contribution < 1.29 is 14.4 Å². The molecule has 0 unspecified atom stereocenters. The number of nitrogens with two attached hydrogens (primary N) is 1. The molecule has 0 spiro atoms. The minimum absolute atomic E-state index is 0.0662. The van der Waals surface area contributed by atoms with Crippen LogP contribution in [0.5, 0.6) is 11.5 Å². The molecule has 3 N–H and O–H groups in total. The van der Waals surface area contributed by atoms with Gasteiger partial charge in [-0.25, -0.2) is 0 Å². The van der Waals surface area contributed by atoms with Crippen molar-refractivity contribution in [2.75, 3.05) is 7.11 Å². The highest BCUT2D eigenvalue weighted by Gasteiger charge is 2.17. The molecule has 0 fully saturated rings. The molecule has 0 bridgehead atoms. The molecule has 1 atom stereocenters. The van der Waals surface area contributed by atoms with Gasteiger partial charge in [0.15, 0.2) is 11.5 Å². The number of phenols is 1. The Bertz CT molecular complexity index is 581. The standard InChI is InChI=1S/C14H19N3O3/c1-8(2)6-10(15)14-16-13(17-20-14)9-4-5-11(18)12(7-9)19-3/h4-5,7-8,10,18H,6,15H2,1-3H3/t10-/m0/s1. The summed E-state index contributed by atoms with van der Waals surface area (Å²) in [4.78, 5) is 4.30. The maximum absolute atomic E-state index is 9.57. The first-order valence-corrected chi connectivity index (χ1v) is 6.47. The average Bonchev–Trinajstić information content (AvgIpc) is 2.88. The van der Waals surface area contributed by atoms with Crippen molar-refractivity contribution in [2.24, 2.45) is 11.7 Å². The number of hydrogen-bond donors (Lipinski definition) is 2. The number of rotatable bonds is 5. The predicted octanol–water partition coefficient (Wildman–Crippen LogP) is 2.50. The molecule has 1 aromatic heterocycles. The van der Waals surface area contributed by atoms with E-state index in [1.807, 2.05) is 0 Å². The van der Waals surface area contributed by atoms with Gasteiger partial charge >= 0.3 is 0 Å². The third-order valence-corrected chi connectivity index (χ3v) is 2.92. The van der Waals surface area contributed by atoms with Gasteiger partial charge in [-0.05, 0) is 30.5 Å². The lowest BCUT2D eigenvalue weighted by Crippen LogP contribution is -2.13. The summed E-state index contributed by atoms with van der Waals surface area (Å²) < 4.78 is 10.2. The Morgan fingerprint density at radius 3 is 2.80 bits per heavy atom. The van der Waals surface area contributed by atoms with Crippen LogP contribution in [0.3, 0.4) is 0 Å². The third kappa shape index (κ3) is 3.08. The molecule has 0 aliphatic rings. The summed E-state index contributed by atoms with van der Waals surface area (Å²) in [6.45, 7) is 4.17. The van der Waals surface area contributed by atoms with Crippen LogP contribution in [0.4, 0.5) is 0 Å². The molecule has 6 heteroatoms. The van der Waals surface area contributed by atoms with Crippen molar-refractivity contribution in [3.63, 3.8) is 0 Å². The molecule has 0 aliphatic carbocycles. The largest absolute Gasteiger partial charge is 0.504 e. The second-order valence-corrected chi connectivity index (χ2v) is 5.08. The molecule has 0 radical (unpaired) electrons. The summed E-state index contributed by atoms with van der Waals surface area (Å²) in [5.41, 5.74) is 6.71.